The predicted molar refractivity (Wildman–Crippen MR) is 88.7 cm³/mol. The molecule has 0 spiro atoms. The molecule has 0 aliphatic heterocycles. The summed E-state index contributed by atoms with van der Waals surface area (Å²) < 4.78 is 1.10. The van der Waals surface area contributed by atoms with Crippen LogP contribution in [-0.2, 0) is 6.42 Å². The Morgan fingerprint density at radius 2 is 1.70 bits per heavy atom. The standard InChI is InChI=1S/C17H21BrN2/c1-20(12-11-14-5-3-2-4-6-14)17(13-19)15-7-9-16(18)10-8-15/h2-10,17H,11-13,19H2,1H3. The molecule has 0 amide bonds. The van der Waals surface area contributed by atoms with Crippen molar-refractivity contribution in [1.82, 2.24) is 4.90 Å². The fourth-order valence-corrected chi connectivity index (χ4v) is 2.63. The van der Waals surface area contributed by atoms with Crippen LogP contribution in [0.3, 0.4) is 0 Å². The first kappa shape index (κ1) is 15.2. The van der Waals surface area contributed by atoms with Crippen LogP contribution >= 0.6 is 15.9 Å². The average molecular weight is 333 g/mol. The normalized spacial score (nSPS) is 12.6. The SMILES string of the molecule is CN(CCc1ccccc1)C(CN)c1ccc(Br)cc1. The highest BCUT2D eigenvalue weighted by molar-refractivity contribution is 9.10. The van der Waals surface area contributed by atoms with Crippen molar-refractivity contribution in [2.24, 2.45) is 5.73 Å². The summed E-state index contributed by atoms with van der Waals surface area (Å²) in [7, 11) is 2.14. The molecule has 0 bridgehead atoms. The molecule has 1 unspecified atom stereocenters. The molecular formula is C17H21BrN2. The van der Waals surface area contributed by atoms with Gasteiger partial charge in [-0.2, -0.15) is 0 Å². The highest BCUT2D eigenvalue weighted by Gasteiger charge is 2.14. The monoisotopic (exact) mass is 332 g/mol. The maximum Gasteiger partial charge on any atom is 0.0467 e. The third kappa shape index (κ3) is 4.17. The van der Waals surface area contributed by atoms with Crippen LogP contribution in [-0.4, -0.2) is 25.0 Å². The Balaban J connectivity index is 1.98. The van der Waals surface area contributed by atoms with Gasteiger partial charge in [0, 0.05) is 23.6 Å². The molecule has 2 N–H and O–H groups in total. The number of benzene rings is 2. The van der Waals surface area contributed by atoms with Crippen LogP contribution in [0.15, 0.2) is 59.1 Å². The first-order chi connectivity index (χ1) is 9.70. The van der Waals surface area contributed by atoms with Gasteiger partial charge >= 0.3 is 0 Å². The maximum atomic E-state index is 5.96. The van der Waals surface area contributed by atoms with Gasteiger partial charge in [0.05, 0.1) is 0 Å². The average Bonchev–Trinajstić information content (AvgIpc) is 2.49. The van der Waals surface area contributed by atoms with Crippen molar-refractivity contribution in [2.75, 3.05) is 20.1 Å². The van der Waals surface area contributed by atoms with Crippen molar-refractivity contribution in [3.8, 4) is 0 Å². The molecule has 0 aliphatic rings. The van der Waals surface area contributed by atoms with Crippen LogP contribution in [0.2, 0.25) is 0 Å². The summed E-state index contributed by atoms with van der Waals surface area (Å²) in [4.78, 5) is 2.33. The van der Waals surface area contributed by atoms with Crippen molar-refractivity contribution in [2.45, 2.75) is 12.5 Å². The number of hydrogen-bond donors (Lipinski definition) is 1. The molecule has 2 nitrogen and oxygen atoms in total. The van der Waals surface area contributed by atoms with Gasteiger partial charge in [-0.05, 0) is 36.7 Å². The van der Waals surface area contributed by atoms with Crippen molar-refractivity contribution in [3.05, 3.63) is 70.2 Å². The number of nitrogens with two attached hydrogens (primary N) is 1. The molecule has 2 aromatic rings. The van der Waals surface area contributed by atoms with Crippen LogP contribution in [0.1, 0.15) is 17.2 Å². The maximum absolute atomic E-state index is 5.96. The second-order valence-corrected chi connectivity index (χ2v) is 5.93. The van der Waals surface area contributed by atoms with Crippen LogP contribution in [0.25, 0.3) is 0 Å². The molecule has 1 atom stereocenters. The minimum atomic E-state index is 0.270. The first-order valence-electron chi connectivity index (χ1n) is 6.90. The van der Waals surface area contributed by atoms with E-state index in [1.54, 1.807) is 0 Å². The largest absolute Gasteiger partial charge is 0.329 e. The molecule has 0 heterocycles. The Morgan fingerprint density at radius 1 is 1.05 bits per heavy atom. The number of nitrogens with zero attached hydrogens (tertiary/aromatic N) is 1. The highest BCUT2D eigenvalue weighted by Crippen LogP contribution is 2.21. The second-order valence-electron chi connectivity index (χ2n) is 5.02. The van der Waals surface area contributed by atoms with E-state index in [1.165, 1.54) is 11.1 Å². The summed E-state index contributed by atoms with van der Waals surface area (Å²) in [5.74, 6) is 0. The lowest BCUT2D eigenvalue weighted by molar-refractivity contribution is 0.253. The number of hydrogen-bond acceptors (Lipinski definition) is 2. The first-order valence-corrected chi connectivity index (χ1v) is 7.69. The van der Waals surface area contributed by atoms with Crippen LogP contribution in [0.5, 0.6) is 0 Å². The molecule has 0 radical (unpaired) electrons. The Hall–Kier alpha value is -1.16. The fourth-order valence-electron chi connectivity index (χ4n) is 2.36. The number of likely N-dealkylation sites (N-methyl/N-ethyl adjacent to an activating group) is 1. The molecule has 0 fully saturated rings. The smallest absolute Gasteiger partial charge is 0.0467 e. The van der Waals surface area contributed by atoms with E-state index in [9.17, 15) is 0 Å². The predicted octanol–water partition coefficient (Wildman–Crippen LogP) is 3.62. The molecule has 0 saturated carbocycles. The third-order valence-corrected chi connectivity index (χ3v) is 4.13. The van der Waals surface area contributed by atoms with Gasteiger partial charge in [-0.15, -0.1) is 0 Å². The van der Waals surface area contributed by atoms with Crippen molar-refractivity contribution < 1.29 is 0 Å². The van der Waals surface area contributed by atoms with Gasteiger partial charge < -0.3 is 5.73 Å². The summed E-state index contributed by atoms with van der Waals surface area (Å²) in [6.07, 6.45) is 1.05. The van der Waals surface area contributed by atoms with Gasteiger partial charge in [-0.25, -0.2) is 0 Å². The van der Waals surface area contributed by atoms with Gasteiger partial charge in [0.25, 0.3) is 0 Å². The van der Waals surface area contributed by atoms with E-state index < -0.39 is 0 Å². The Kier molecular flexibility index (Phi) is 5.77. The summed E-state index contributed by atoms with van der Waals surface area (Å²) in [5.41, 5.74) is 8.60. The molecule has 20 heavy (non-hydrogen) atoms. The lowest BCUT2D eigenvalue weighted by Crippen LogP contribution is -2.32. The molecule has 106 valence electrons. The van der Waals surface area contributed by atoms with Gasteiger partial charge in [-0.1, -0.05) is 58.4 Å². The van der Waals surface area contributed by atoms with Crippen molar-refractivity contribution in [3.63, 3.8) is 0 Å². The highest BCUT2D eigenvalue weighted by atomic mass is 79.9. The van der Waals surface area contributed by atoms with E-state index in [0.29, 0.717) is 6.54 Å². The topological polar surface area (TPSA) is 29.3 Å². The molecule has 0 saturated heterocycles. The summed E-state index contributed by atoms with van der Waals surface area (Å²) in [6.45, 7) is 1.63. The van der Waals surface area contributed by atoms with Gasteiger partial charge in [-0.3, -0.25) is 4.90 Å². The summed E-state index contributed by atoms with van der Waals surface area (Å²) >= 11 is 3.47. The molecule has 2 rings (SSSR count). The van der Waals surface area contributed by atoms with E-state index in [0.717, 1.165) is 17.4 Å². The van der Waals surface area contributed by atoms with Gasteiger partial charge in [0.2, 0.25) is 0 Å². The van der Waals surface area contributed by atoms with Gasteiger partial charge in [0.1, 0.15) is 0 Å². The Morgan fingerprint density at radius 3 is 2.30 bits per heavy atom. The molecule has 3 heteroatoms. The summed E-state index contributed by atoms with van der Waals surface area (Å²) in [6, 6.07) is 19.3. The van der Waals surface area contributed by atoms with E-state index >= 15 is 0 Å². The molecule has 2 aromatic carbocycles. The third-order valence-electron chi connectivity index (χ3n) is 3.61. The molecular weight excluding hydrogens is 312 g/mol. The Labute approximate surface area is 129 Å². The van der Waals surface area contributed by atoms with E-state index in [4.69, 9.17) is 5.73 Å². The molecule has 0 aromatic heterocycles. The lowest BCUT2D eigenvalue weighted by atomic mass is 10.0. The second kappa shape index (κ2) is 7.58. The zero-order valence-corrected chi connectivity index (χ0v) is 13.4. The van der Waals surface area contributed by atoms with Crippen LogP contribution in [0.4, 0.5) is 0 Å². The Bertz CT molecular complexity index is 510. The minimum Gasteiger partial charge on any atom is -0.329 e. The van der Waals surface area contributed by atoms with Gasteiger partial charge in [0.15, 0.2) is 0 Å². The molecule has 0 aliphatic carbocycles. The van der Waals surface area contributed by atoms with Crippen molar-refractivity contribution >= 4 is 15.9 Å². The fraction of sp³-hybridized carbons (Fsp3) is 0.294. The van der Waals surface area contributed by atoms with E-state index in [2.05, 4.69) is 82.5 Å². The van der Waals surface area contributed by atoms with Crippen molar-refractivity contribution in [1.29, 1.82) is 0 Å². The minimum absolute atomic E-state index is 0.270. The van der Waals surface area contributed by atoms with E-state index in [-0.39, 0.29) is 6.04 Å². The quantitative estimate of drug-likeness (QED) is 0.875. The zero-order valence-electron chi connectivity index (χ0n) is 11.8. The lowest BCUT2D eigenvalue weighted by Gasteiger charge is -2.27. The van der Waals surface area contributed by atoms with Crippen LogP contribution in [0, 0.1) is 0 Å². The zero-order chi connectivity index (χ0) is 14.4. The number of halogens is 1. The number of rotatable bonds is 6. The summed E-state index contributed by atoms with van der Waals surface area (Å²) in [5, 5.41) is 0. The van der Waals surface area contributed by atoms with E-state index in [1.807, 2.05) is 0 Å². The van der Waals surface area contributed by atoms with Crippen LogP contribution < -0.4 is 5.73 Å².